The number of aromatic nitrogens is 1. The van der Waals surface area contributed by atoms with E-state index in [4.69, 9.17) is 11.6 Å². The van der Waals surface area contributed by atoms with Crippen LogP contribution in [0.2, 0.25) is 5.15 Å². The number of carbonyl (C=O) groups is 1. The zero-order valence-electron chi connectivity index (χ0n) is 7.17. The third kappa shape index (κ3) is 1.40. The Morgan fingerprint density at radius 1 is 1.69 bits per heavy atom. The summed E-state index contributed by atoms with van der Waals surface area (Å²) < 4.78 is 0. The molecule has 4 heteroatoms. The van der Waals surface area contributed by atoms with Crippen LogP contribution in [-0.2, 0) is 11.2 Å². The number of hydrogen-bond donors (Lipinski definition) is 1. The first-order chi connectivity index (χ1) is 6.18. The Kier molecular flexibility index (Phi) is 1.96. The first kappa shape index (κ1) is 8.51. The molecule has 1 aliphatic heterocycles. The molecule has 0 saturated carbocycles. The van der Waals surface area contributed by atoms with Gasteiger partial charge < -0.3 is 5.32 Å². The van der Waals surface area contributed by atoms with E-state index in [2.05, 4.69) is 10.3 Å². The molecule has 2 heterocycles. The van der Waals surface area contributed by atoms with Gasteiger partial charge in [0.15, 0.2) is 5.15 Å². The van der Waals surface area contributed by atoms with Crippen LogP contribution in [0.1, 0.15) is 12.5 Å². The van der Waals surface area contributed by atoms with Gasteiger partial charge >= 0.3 is 0 Å². The van der Waals surface area contributed by atoms with Crippen LogP contribution < -0.4 is 5.32 Å². The first-order valence-electron chi connectivity index (χ1n) is 4.12. The van der Waals surface area contributed by atoms with E-state index in [0.29, 0.717) is 10.8 Å². The molecule has 0 aliphatic carbocycles. The SMILES string of the molecule is CC1Cc2ccnc(Cl)c2NC1=O. The Morgan fingerprint density at radius 2 is 2.46 bits per heavy atom. The molecule has 3 nitrogen and oxygen atoms in total. The Balaban J connectivity index is 2.48. The van der Waals surface area contributed by atoms with Crippen LogP contribution in [0.4, 0.5) is 5.69 Å². The quantitative estimate of drug-likeness (QED) is 0.644. The molecule has 1 amide bonds. The number of nitrogens with zero attached hydrogens (tertiary/aromatic N) is 1. The second-order valence-corrected chi connectivity index (χ2v) is 3.59. The molecule has 0 spiro atoms. The number of nitrogens with one attached hydrogen (secondary N) is 1. The van der Waals surface area contributed by atoms with E-state index in [1.165, 1.54) is 0 Å². The lowest BCUT2D eigenvalue weighted by molar-refractivity contribution is -0.119. The highest BCUT2D eigenvalue weighted by atomic mass is 35.5. The van der Waals surface area contributed by atoms with Gasteiger partial charge in [-0.3, -0.25) is 4.79 Å². The molecule has 2 rings (SSSR count). The van der Waals surface area contributed by atoms with E-state index < -0.39 is 0 Å². The van der Waals surface area contributed by atoms with Gasteiger partial charge in [-0.15, -0.1) is 0 Å². The van der Waals surface area contributed by atoms with Crippen molar-refractivity contribution in [3.8, 4) is 0 Å². The zero-order valence-corrected chi connectivity index (χ0v) is 7.93. The van der Waals surface area contributed by atoms with Gasteiger partial charge in [0, 0.05) is 12.1 Å². The fourth-order valence-corrected chi connectivity index (χ4v) is 1.67. The van der Waals surface area contributed by atoms with Crippen LogP contribution in [0.5, 0.6) is 0 Å². The van der Waals surface area contributed by atoms with Gasteiger partial charge in [-0.05, 0) is 18.1 Å². The number of fused-ring (bicyclic) bond motifs is 1. The minimum atomic E-state index is 0.0161. The van der Waals surface area contributed by atoms with E-state index >= 15 is 0 Å². The predicted molar refractivity (Wildman–Crippen MR) is 50.7 cm³/mol. The molecule has 1 unspecified atom stereocenters. The standard InChI is InChI=1S/C9H9ClN2O/c1-5-4-6-2-3-11-8(10)7(6)12-9(5)13/h2-3,5H,4H2,1H3,(H,12,13). The maximum Gasteiger partial charge on any atom is 0.227 e. The van der Waals surface area contributed by atoms with Gasteiger partial charge in [0.05, 0.1) is 5.69 Å². The number of amides is 1. The van der Waals surface area contributed by atoms with Crippen molar-refractivity contribution in [2.45, 2.75) is 13.3 Å². The van der Waals surface area contributed by atoms with Crippen LogP contribution in [0.3, 0.4) is 0 Å². The molecule has 13 heavy (non-hydrogen) atoms. The highest BCUT2D eigenvalue weighted by Gasteiger charge is 2.23. The van der Waals surface area contributed by atoms with E-state index in [0.717, 1.165) is 12.0 Å². The lowest BCUT2D eigenvalue weighted by Crippen LogP contribution is -2.28. The maximum atomic E-state index is 11.3. The Hall–Kier alpha value is -1.09. The highest BCUT2D eigenvalue weighted by molar-refractivity contribution is 6.32. The van der Waals surface area contributed by atoms with Gasteiger partial charge in [0.2, 0.25) is 5.91 Å². The second kappa shape index (κ2) is 3.00. The summed E-state index contributed by atoms with van der Waals surface area (Å²) in [5.41, 5.74) is 1.74. The minimum absolute atomic E-state index is 0.0161. The first-order valence-corrected chi connectivity index (χ1v) is 4.50. The van der Waals surface area contributed by atoms with Crippen LogP contribution in [0.15, 0.2) is 12.3 Å². The molecule has 0 fully saturated rings. The third-order valence-electron chi connectivity index (χ3n) is 2.21. The normalized spacial score (nSPS) is 20.8. The lowest BCUT2D eigenvalue weighted by Gasteiger charge is -2.21. The molecule has 1 aromatic heterocycles. The van der Waals surface area contributed by atoms with Crippen LogP contribution in [-0.4, -0.2) is 10.9 Å². The molecule has 1 atom stereocenters. The molecule has 68 valence electrons. The summed E-state index contributed by atoms with van der Waals surface area (Å²) in [5, 5.41) is 3.12. The molecule has 0 radical (unpaired) electrons. The number of carbonyl (C=O) groups excluding carboxylic acids is 1. The molecule has 0 saturated heterocycles. The van der Waals surface area contributed by atoms with Gasteiger partial charge in [-0.2, -0.15) is 0 Å². The van der Waals surface area contributed by atoms with E-state index in [1.807, 2.05) is 13.0 Å². The second-order valence-electron chi connectivity index (χ2n) is 3.23. The smallest absolute Gasteiger partial charge is 0.227 e. The van der Waals surface area contributed by atoms with Crippen molar-refractivity contribution in [2.24, 2.45) is 5.92 Å². The average molecular weight is 197 g/mol. The molecule has 1 aliphatic rings. The third-order valence-corrected chi connectivity index (χ3v) is 2.50. The summed E-state index contributed by atoms with van der Waals surface area (Å²) in [6.45, 7) is 1.90. The summed E-state index contributed by atoms with van der Waals surface area (Å²) in [5.74, 6) is 0.0355. The van der Waals surface area contributed by atoms with E-state index in [1.54, 1.807) is 6.20 Å². The van der Waals surface area contributed by atoms with Gasteiger partial charge in [0.25, 0.3) is 0 Å². The van der Waals surface area contributed by atoms with Crippen molar-refractivity contribution < 1.29 is 4.79 Å². The summed E-state index contributed by atoms with van der Waals surface area (Å²) in [6, 6.07) is 1.89. The van der Waals surface area contributed by atoms with Crippen molar-refractivity contribution >= 4 is 23.2 Å². The Morgan fingerprint density at radius 3 is 3.23 bits per heavy atom. The van der Waals surface area contributed by atoms with E-state index in [9.17, 15) is 4.79 Å². The van der Waals surface area contributed by atoms with Gasteiger partial charge in [-0.25, -0.2) is 4.98 Å². The van der Waals surface area contributed by atoms with Crippen molar-refractivity contribution in [3.63, 3.8) is 0 Å². The molecule has 1 aromatic rings. The Bertz CT molecular complexity index is 365. The topological polar surface area (TPSA) is 42.0 Å². The predicted octanol–water partition coefficient (Wildman–Crippen LogP) is 1.87. The average Bonchev–Trinajstić information content (AvgIpc) is 2.09. The minimum Gasteiger partial charge on any atom is -0.323 e. The fraction of sp³-hybridized carbons (Fsp3) is 0.333. The van der Waals surface area contributed by atoms with Crippen molar-refractivity contribution in [1.82, 2.24) is 4.98 Å². The monoisotopic (exact) mass is 196 g/mol. The molecule has 0 aromatic carbocycles. The maximum absolute atomic E-state index is 11.3. The Labute approximate surface area is 81.1 Å². The summed E-state index contributed by atoms with van der Waals surface area (Å²) in [4.78, 5) is 15.2. The van der Waals surface area contributed by atoms with Gasteiger partial charge in [0.1, 0.15) is 0 Å². The largest absolute Gasteiger partial charge is 0.323 e. The number of rotatable bonds is 0. The van der Waals surface area contributed by atoms with Gasteiger partial charge in [-0.1, -0.05) is 18.5 Å². The summed E-state index contributed by atoms with van der Waals surface area (Å²) >= 11 is 5.83. The number of pyridine rings is 1. The number of hydrogen-bond acceptors (Lipinski definition) is 2. The van der Waals surface area contributed by atoms with Crippen LogP contribution >= 0.6 is 11.6 Å². The van der Waals surface area contributed by atoms with Crippen LogP contribution in [0, 0.1) is 5.92 Å². The summed E-state index contributed by atoms with van der Waals surface area (Å²) in [7, 11) is 0. The van der Waals surface area contributed by atoms with E-state index in [-0.39, 0.29) is 11.8 Å². The van der Waals surface area contributed by atoms with Crippen molar-refractivity contribution in [3.05, 3.63) is 23.0 Å². The molecule has 1 N–H and O–H groups in total. The highest BCUT2D eigenvalue weighted by Crippen LogP contribution is 2.29. The van der Waals surface area contributed by atoms with Crippen LogP contribution in [0.25, 0.3) is 0 Å². The zero-order chi connectivity index (χ0) is 9.42. The number of halogens is 1. The van der Waals surface area contributed by atoms with Crippen molar-refractivity contribution in [2.75, 3.05) is 5.32 Å². The molecular formula is C9H9ClN2O. The lowest BCUT2D eigenvalue weighted by atomic mass is 9.96. The summed E-state index contributed by atoms with van der Waals surface area (Å²) in [6.07, 6.45) is 2.40. The fourth-order valence-electron chi connectivity index (χ4n) is 1.44. The number of anilines is 1. The molecule has 0 bridgehead atoms. The van der Waals surface area contributed by atoms with Crippen molar-refractivity contribution in [1.29, 1.82) is 0 Å². The molecular weight excluding hydrogens is 188 g/mol.